The molecule has 0 saturated heterocycles. The predicted octanol–water partition coefficient (Wildman–Crippen LogP) is 2.81. The fourth-order valence-corrected chi connectivity index (χ4v) is 2.02. The quantitative estimate of drug-likeness (QED) is 0.499. The van der Waals surface area contributed by atoms with Gasteiger partial charge in [0.05, 0.1) is 7.11 Å². The molecule has 1 rings (SSSR count). The van der Waals surface area contributed by atoms with Crippen LogP contribution < -0.4 is 16.0 Å². The van der Waals surface area contributed by atoms with E-state index in [2.05, 4.69) is 0 Å². The van der Waals surface area contributed by atoms with Gasteiger partial charge in [0.1, 0.15) is 5.75 Å². The van der Waals surface area contributed by atoms with Crippen LogP contribution in [-0.2, 0) is 6.42 Å². The first-order chi connectivity index (χ1) is 9.61. The zero-order valence-electron chi connectivity index (χ0n) is 10.9. The normalized spacial score (nSPS) is 14.3. The number of nitrogens with two attached hydrogens (primary N) is 1. The van der Waals surface area contributed by atoms with Crippen molar-refractivity contribution in [3.8, 4) is 5.75 Å². The van der Waals surface area contributed by atoms with Crippen molar-refractivity contribution in [2.24, 2.45) is 11.8 Å². The van der Waals surface area contributed by atoms with Gasteiger partial charge < -0.3 is 4.74 Å². The van der Waals surface area contributed by atoms with E-state index in [4.69, 9.17) is 10.6 Å². The highest BCUT2D eigenvalue weighted by molar-refractivity contribution is 5.34. The number of hydrogen-bond donors (Lipinski definition) is 2. The second kappa shape index (κ2) is 6.52. The molecule has 1 aromatic carbocycles. The van der Waals surface area contributed by atoms with Crippen LogP contribution in [0.25, 0.3) is 0 Å². The molecule has 1 unspecified atom stereocenters. The van der Waals surface area contributed by atoms with Crippen molar-refractivity contribution in [1.82, 2.24) is 5.43 Å². The molecule has 9 heteroatoms. The summed E-state index contributed by atoms with van der Waals surface area (Å²) in [6.45, 7) is 0. The van der Waals surface area contributed by atoms with Gasteiger partial charge >= 0.3 is 12.4 Å². The van der Waals surface area contributed by atoms with Crippen LogP contribution in [0.2, 0.25) is 0 Å². The molecule has 0 aromatic heterocycles. The molecule has 0 aliphatic heterocycles. The molecule has 120 valence electrons. The minimum absolute atomic E-state index is 0.195. The molecule has 0 saturated carbocycles. The van der Waals surface area contributed by atoms with Crippen molar-refractivity contribution in [2.45, 2.75) is 24.8 Å². The van der Waals surface area contributed by atoms with Gasteiger partial charge in [0, 0.05) is 6.04 Å². The molecular formula is C12H14F6N2O. The van der Waals surface area contributed by atoms with Gasteiger partial charge in [-0.2, -0.15) is 26.3 Å². The second-order valence-electron chi connectivity index (χ2n) is 4.35. The first kappa shape index (κ1) is 17.6. The Balaban J connectivity index is 3.11. The Morgan fingerprint density at radius 2 is 1.62 bits per heavy atom. The highest BCUT2D eigenvalue weighted by Crippen LogP contribution is 2.42. The molecule has 1 atom stereocenters. The molecule has 1 aromatic rings. The Hall–Kier alpha value is -1.48. The molecule has 21 heavy (non-hydrogen) atoms. The van der Waals surface area contributed by atoms with Crippen LogP contribution in [0.1, 0.15) is 5.56 Å². The van der Waals surface area contributed by atoms with E-state index in [0.717, 1.165) is 0 Å². The first-order valence-electron chi connectivity index (χ1n) is 5.82. The highest BCUT2D eigenvalue weighted by Gasteiger charge is 2.60. The van der Waals surface area contributed by atoms with E-state index in [1.54, 1.807) is 11.5 Å². The third-order valence-electron chi connectivity index (χ3n) is 2.95. The fourth-order valence-electron chi connectivity index (χ4n) is 2.02. The Morgan fingerprint density at radius 1 is 1.10 bits per heavy atom. The number of nitrogens with one attached hydrogen (secondary N) is 1. The molecule has 0 spiro atoms. The van der Waals surface area contributed by atoms with Gasteiger partial charge in [-0.3, -0.25) is 11.3 Å². The van der Waals surface area contributed by atoms with Gasteiger partial charge in [-0.1, -0.05) is 18.2 Å². The Kier molecular flexibility index (Phi) is 5.46. The molecule has 0 bridgehead atoms. The topological polar surface area (TPSA) is 47.3 Å². The zero-order chi connectivity index (χ0) is 16.3. The van der Waals surface area contributed by atoms with Crippen LogP contribution in [-0.4, -0.2) is 25.5 Å². The Morgan fingerprint density at radius 3 is 2.05 bits per heavy atom. The lowest BCUT2D eigenvalue weighted by Gasteiger charge is -2.30. The van der Waals surface area contributed by atoms with Crippen LogP contribution in [0.3, 0.4) is 0 Å². The van der Waals surface area contributed by atoms with Crippen LogP contribution in [0, 0.1) is 5.92 Å². The molecule has 0 heterocycles. The average Bonchev–Trinajstić information content (AvgIpc) is 2.35. The van der Waals surface area contributed by atoms with Crippen LogP contribution >= 0.6 is 0 Å². The molecule has 3 N–H and O–H groups in total. The van der Waals surface area contributed by atoms with Crippen molar-refractivity contribution in [1.29, 1.82) is 0 Å². The number of rotatable bonds is 5. The van der Waals surface area contributed by atoms with Crippen LogP contribution in [0.15, 0.2) is 24.3 Å². The van der Waals surface area contributed by atoms with Gasteiger partial charge in [-0.05, 0) is 18.1 Å². The molecule has 0 fully saturated rings. The Labute approximate surface area is 117 Å². The number of alkyl halides is 6. The minimum atomic E-state index is -5.46. The summed E-state index contributed by atoms with van der Waals surface area (Å²) in [5.74, 6) is 1.54. The fraction of sp³-hybridized carbons (Fsp3) is 0.500. The maximum absolute atomic E-state index is 12.7. The summed E-state index contributed by atoms with van der Waals surface area (Å²) in [6.07, 6.45) is -11.5. The van der Waals surface area contributed by atoms with Crippen molar-refractivity contribution >= 4 is 0 Å². The second-order valence-corrected chi connectivity index (χ2v) is 4.35. The Bertz CT molecular complexity index is 446. The van der Waals surface area contributed by atoms with Crippen LogP contribution in [0.4, 0.5) is 26.3 Å². The largest absolute Gasteiger partial charge is 0.496 e. The number of hydrazine groups is 1. The number of halogens is 6. The van der Waals surface area contributed by atoms with Crippen molar-refractivity contribution in [3.05, 3.63) is 29.8 Å². The summed E-state index contributed by atoms with van der Waals surface area (Å²) in [4.78, 5) is 0. The number of methoxy groups -OCH3 is 1. The monoisotopic (exact) mass is 316 g/mol. The molecule has 0 amide bonds. The van der Waals surface area contributed by atoms with E-state index in [1.807, 2.05) is 0 Å². The van der Waals surface area contributed by atoms with Crippen LogP contribution in [0.5, 0.6) is 5.75 Å². The lowest BCUT2D eigenvalue weighted by atomic mass is 9.92. The predicted molar refractivity (Wildman–Crippen MR) is 63.4 cm³/mol. The zero-order valence-corrected chi connectivity index (χ0v) is 10.9. The van der Waals surface area contributed by atoms with Gasteiger partial charge in [-0.25, -0.2) is 0 Å². The number of benzene rings is 1. The van der Waals surface area contributed by atoms with Crippen molar-refractivity contribution in [3.63, 3.8) is 0 Å². The van der Waals surface area contributed by atoms with E-state index >= 15 is 0 Å². The standard InChI is InChI=1S/C12H14F6N2O/c1-21-9-5-3-2-4-7(9)6-8(20-19)10(11(13,14)15)12(16,17)18/h2-5,8,10,20H,6,19H2,1H3. The molecule has 3 nitrogen and oxygen atoms in total. The minimum Gasteiger partial charge on any atom is -0.496 e. The summed E-state index contributed by atoms with van der Waals surface area (Å²) >= 11 is 0. The third kappa shape index (κ3) is 4.50. The van der Waals surface area contributed by atoms with E-state index in [-0.39, 0.29) is 11.3 Å². The average molecular weight is 316 g/mol. The van der Waals surface area contributed by atoms with Crippen molar-refractivity contribution in [2.75, 3.05) is 7.11 Å². The summed E-state index contributed by atoms with van der Waals surface area (Å²) < 4.78 is 81.1. The lowest BCUT2D eigenvalue weighted by Crippen LogP contribution is -2.54. The summed E-state index contributed by atoms with van der Waals surface area (Å²) in [7, 11) is 1.27. The first-order valence-corrected chi connectivity index (χ1v) is 5.82. The smallest absolute Gasteiger partial charge is 0.402 e. The van der Waals surface area contributed by atoms with Gasteiger partial charge in [0.15, 0.2) is 5.92 Å². The number of ether oxygens (including phenoxy) is 1. The molecular weight excluding hydrogens is 302 g/mol. The van der Waals surface area contributed by atoms with Gasteiger partial charge in [0.2, 0.25) is 0 Å². The van der Waals surface area contributed by atoms with Crippen molar-refractivity contribution < 1.29 is 31.1 Å². The molecule has 0 radical (unpaired) electrons. The summed E-state index contributed by atoms with van der Waals surface area (Å²) in [6, 6.07) is 3.81. The van der Waals surface area contributed by atoms with E-state index in [1.165, 1.54) is 25.3 Å². The third-order valence-corrected chi connectivity index (χ3v) is 2.95. The summed E-state index contributed by atoms with van der Waals surface area (Å²) in [5.41, 5.74) is 1.82. The lowest BCUT2D eigenvalue weighted by molar-refractivity contribution is -0.291. The summed E-state index contributed by atoms with van der Waals surface area (Å²) in [5, 5.41) is 0. The maximum atomic E-state index is 12.7. The maximum Gasteiger partial charge on any atom is 0.402 e. The van der Waals surface area contributed by atoms with E-state index in [0.29, 0.717) is 0 Å². The van der Waals surface area contributed by atoms with E-state index in [9.17, 15) is 26.3 Å². The molecule has 0 aliphatic carbocycles. The number of para-hydroxylation sites is 1. The highest BCUT2D eigenvalue weighted by atomic mass is 19.4. The van der Waals surface area contributed by atoms with E-state index < -0.39 is 30.7 Å². The van der Waals surface area contributed by atoms with Gasteiger partial charge in [-0.15, -0.1) is 0 Å². The number of hydrogen-bond acceptors (Lipinski definition) is 3. The molecule has 0 aliphatic rings. The SMILES string of the molecule is COc1ccccc1CC(NN)C(C(F)(F)F)C(F)(F)F. The van der Waals surface area contributed by atoms with Gasteiger partial charge in [0.25, 0.3) is 0 Å².